The van der Waals surface area contributed by atoms with Gasteiger partial charge in [-0.1, -0.05) is 0 Å². The SMILES string of the molecule is NNC(Cc1ccncc1)c1ccc(C(F)(F)F)cn1. The highest BCUT2D eigenvalue weighted by Gasteiger charge is 2.30. The zero-order chi connectivity index (χ0) is 14.6. The number of rotatable bonds is 4. The summed E-state index contributed by atoms with van der Waals surface area (Å²) in [6.07, 6.45) is 0.220. The van der Waals surface area contributed by atoms with Crippen molar-refractivity contribution in [2.45, 2.75) is 18.6 Å². The quantitative estimate of drug-likeness (QED) is 0.667. The fourth-order valence-corrected chi connectivity index (χ4v) is 1.78. The van der Waals surface area contributed by atoms with E-state index in [1.165, 1.54) is 6.07 Å². The molecule has 0 amide bonds. The van der Waals surface area contributed by atoms with Gasteiger partial charge in [-0.15, -0.1) is 0 Å². The molecule has 0 bridgehead atoms. The molecule has 4 nitrogen and oxygen atoms in total. The van der Waals surface area contributed by atoms with Gasteiger partial charge in [-0.25, -0.2) is 0 Å². The number of nitrogens with two attached hydrogens (primary N) is 1. The highest BCUT2D eigenvalue weighted by atomic mass is 19.4. The molecule has 1 atom stereocenters. The maximum absolute atomic E-state index is 12.5. The summed E-state index contributed by atoms with van der Waals surface area (Å²) in [7, 11) is 0. The van der Waals surface area contributed by atoms with Gasteiger partial charge in [0.05, 0.1) is 17.3 Å². The molecule has 0 aromatic carbocycles. The van der Waals surface area contributed by atoms with Crippen molar-refractivity contribution in [3.05, 3.63) is 59.7 Å². The smallest absolute Gasteiger partial charge is 0.271 e. The van der Waals surface area contributed by atoms with Crippen LogP contribution in [0, 0.1) is 0 Å². The molecule has 7 heteroatoms. The average molecular weight is 282 g/mol. The first kappa shape index (κ1) is 14.4. The van der Waals surface area contributed by atoms with Crippen molar-refractivity contribution in [1.29, 1.82) is 0 Å². The van der Waals surface area contributed by atoms with Crippen molar-refractivity contribution in [2.75, 3.05) is 0 Å². The Hall–Kier alpha value is -1.99. The van der Waals surface area contributed by atoms with Crippen LogP contribution in [-0.2, 0) is 12.6 Å². The van der Waals surface area contributed by atoms with Gasteiger partial charge in [0.15, 0.2) is 0 Å². The summed E-state index contributed by atoms with van der Waals surface area (Å²) in [5.41, 5.74) is 3.20. The summed E-state index contributed by atoms with van der Waals surface area (Å²) in [5, 5.41) is 0. The van der Waals surface area contributed by atoms with Gasteiger partial charge in [-0.05, 0) is 36.2 Å². The van der Waals surface area contributed by atoms with E-state index in [1.807, 2.05) is 12.1 Å². The number of aromatic nitrogens is 2. The van der Waals surface area contributed by atoms with Crippen LogP contribution in [0.5, 0.6) is 0 Å². The van der Waals surface area contributed by atoms with Crippen LogP contribution in [0.15, 0.2) is 42.9 Å². The van der Waals surface area contributed by atoms with Crippen molar-refractivity contribution >= 4 is 0 Å². The number of hydrogen-bond donors (Lipinski definition) is 2. The van der Waals surface area contributed by atoms with Gasteiger partial charge >= 0.3 is 6.18 Å². The van der Waals surface area contributed by atoms with Gasteiger partial charge in [0.1, 0.15) is 0 Å². The topological polar surface area (TPSA) is 63.8 Å². The number of hydrazine groups is 1. The molecule has 2 rings (SSSR count). The van der Waals surface area contributed by atoms with E-state index in [4.69, 9.17) is 5.84 Å². The predicted octanol–water partition coefficient (Wildman–Crippen LogP) is 2.24. The molecule has 3 N–H and O–H groups in total. The number of pyridine rings is 2. The van der Waals surface area contributed by atoms with Crippen molar-refractivity contribution in [1.82, 2.24) is 15.4 Å². The summed E-state index contributed by atoms with van der Waals surface area (Å²) in [6.45, 7) is 0. The van der Waals surface area contributed by atoms with E-state index in [2.05, 4.69) is 15.4 Å². The largest absolute Gasteiger partial charge is 0.417 e. The van der Waals surface area contributed by atoms with E-state index in [0.29, 0.717) is 12.1 Å². The van der Waals surface area contributed by atoms with E-state index in [-0.39, 0.29) is 6.04 Å². The van der Waals surface area contributed by atoms with E-state index in [9.17, 15) is 13.2 Å². The Balaban J connectivity index is 2.16. The zero-order valence-electron chi connectivity index (χ0n) is 10.4. The fourth-order valence-electron chi connectivity index (χ4n) is 1.78. The van der Waals surface area contributed by atoms with Crippen molar-refractivity contribution in [2.24, 2.45) is 5.84 Å². The van der Waals surface area contributed by atoms with Crippen molar-refractivity contribution < 1.29 is 13.2 Å². The average Bonchev–Trinajstić information content (AvgIpc) is 2.45. The minimum Gasteiger partial charge on any atom is -0.271 e. The maximum atomic E-state index is 12.5. The first-order valence-corrected chi connectivity index (χ1v) is 5.89. The highest BCUT2D eigenvalue weighted by molar-refractivity contribution is 5.21. The lowest BCUT2D eigenvalue weighted by Crippen LogP contribution is -2.30. The number of alkyl halides is 3. The number of nitrogens with zero attached hydrogens (tertiary/aromatic N) is 2. The molecule has 0 aliphatic heterocycles. The molecule has 1 unspecified atom stereocenters. The van der Waals surface area contributed by atoms with Gasteiger partial charge in [0.2, 0.25) is 0 Å². The van der Waals surface area contributed by atoms with Crippen LogP contribution >= 0.6 is 0 Å². The molecular formula is C13H13F3N4. The lowest BCUT2D eigenvalue weighted by Gasteiger charge is -2.16. The summed E-state index contributed by atoms with van der Waals surface area (Å²) >= 11 is 0. The van der Waals surface area contributed by atoms with Crippen LogP contribution in [0.2, 0.25) is 0 Å². The lowest BCUT2D eigenvalue weighted by atomic mass is 10.0. The summed E-state index contributed by atoms with van der Waals surface area (Å²) in [6, 6.07) is 5.59. The Bertz CT molecular complexity index is 540. The second kappa shape index (κ2) is 5.98. The van der Waals surface area contributed by atoms with Crippen molar-refractivity contribution in [3.8, 4) is 0 Å². The molecule has 0 saturated carbocycles. The number of hydrogen-bond acceptors (Lipinski definition) is 4. The van der Waals surface area contributed by atoms with Gasteiger partial charge in [0.25, 0.3) is 0 Å². The molecule has 0 spiro atoms. The fraction of sp³-hybridized carbons (Fsp3) is 0.231. The Morgan fingerprint density at radius 3 is 2.35 bits per heavy atom. The maximum Gasteiger partial charge on any atom is 0.417 e. The first-order chi connectivity index (χ1) is 9.50. The Labute approximate surface area is 113 Å². The van der Waals surface area contributed by atoms with Crippen LogP contribution in [0.25, 0.3) is 0 Å². The second-order valence-corrected chi connectivity index (χ2v) is 4.25. The van der Waals surface area contributed by atoms with Crippen LogP contribution in [0.1, 0.15) is 22.9 Å². The zero-order valence-corrected chi connectivity index (χ0v) is 10.4. The summed E-state index contributed by atoms with van der Waals surface area (Å²) in [4.78, 5) is 7.73. The molecule has 20 heavy (non-hydrogen) atoms. The third-order valence-corrected chi connectivity index (χ3v) is 2.86. The van der Waals surface area contributed by atoms with Crippen LogP contribution in [0.3, 0.4) is 0 Å². The molecule has 2 aromatic heterocycles. The molecule has 0 aliphatic carbocycles. The minimum atomic E-state index is -4.39. The van der Waals surface area contributed by atoms with Gasteiger partial charge in [-0.3, -0.25) is 21.2 Å². The predicted molar refractivity (Wildman–Crippen MR) is 67.2 cm³/mol. The monoisotopic (exact) mass is 282 g/mol. The van der Waals surface area contributed by atoms with E-state index >= 15 is 0 Å². The number of nitrogens with one attached hydrogen (secondary N) is 1. The Kier molecular flexibility index (Phi) is 4.31. The minimum absolute atomic E-state index is 0.361. The molecular weight excluding hydrogens is 269 g/mol. The van der Waals surface area contributed by atoms with E-state index < -0.39 is 11.7 Å². The third kappa shape index (κ3) is 3.52. The van der Waals surface area contributed by atoms with Crippen LogP contribution < -0.4 is 11.3 Å². The molecule has 0 radical (unpaired) electrons. The normalized spacial score (nSPS) is 13.2. The van der Waals surface area contributed by atoms with Crippen LogP contribution in [0.4, 0.5) is 13.2 Å². The molecule has 2 heterocycles. The van der Waals surface area contributed by atoms with Gasteiger partial charge in [-0.2, -0.15) is 13.2 Å². The van der Waals surface area contributed by atoms with E-state index in [1.54, 1.807) is 12.4 Å². The van der Waals surface area contributed by atoms with Gasteiger partial charge in [0, 0.05) is 18.6 Å². The third-order valence-electron chi connectivity index (χ3n) is 2.86. The first-order valence-electron chi connectivity index (χ1n) is 5.89. The van der Waals surface area contributed by atoms with Crippen LogP contribution in [-0.4, -0.2) is 9.97 Å². The van der Waals surface area contributed by atoms with E-state index in [0.717, 1.165) is 17.8 Å². The summed E-state index contributed by atoms with van der Waals surface area (Å²) in [5.74, 6) is 5.45. The Morgan fingerprint density at radius 2 is 1.85 bits per heavy atom. The standard InChI is InChI=1S/C13H13F3N4/c14-13(15,16)10-1-2-11(19-8-10)12(20-17)7-9-3-5-18-6-4-9/h1-6,8,12,20H,7,17H2. The molecule has 0 fully saturated rings. The molecule has 106 valence electrons. The highest BCUT2D eigenvalue weighted by Crippen LogP contribution is 2.29. The Morgan fingerprint density at radius 1 is 1.15 bits per heavy atom. The van der Waals surface area contributed by atoms with Gasteiger partial charge < -0.3 is 0 Å². The molecule has 2 aromatic rings. The second-order valence-electron chi connectivity index (χ2n) is 4.25. The van der Waals surface area contributed by atoms with Crippen molar-refractivity contribution in [3.63, 3.8) is 0 Å². The number of halogens is 3. The molecule has 0 saturated heterocycles. The summed E-state index contributed by atoms with van der Waals surface area (Å²) < 4.78 is 37.4. The lowest BCUT2D eigenvalue weighted by molar-refractivity contribution is -0.137. The molecule has 0 aliphatic rings.